The Labute approximate surface area is 177 Å². The van der Waals surface area contributed by atoms with Gasteiger partial charge in [-0.25, -0.2) is 0 Å². The van der Waals surface area contributed by atoms with Crippen LogP contribution in [0, 0.1) is 17.0 Å². The molecule has 156 valence electrons. The number of amides is 3. The second-order valence-electron chi connectivity index (χ2n) is 6.62. The first-order valence-corrected chi connectivity index (χ1v) is 9.17. The minimum absolute atomic E-state index is 0.122. The molecule has 0 aromatic heterocycles. The fourth-order valence-corrected chi connectivity index (χ4v) is 2.72. The standard InChI is InChI=1S/C22H18N4O5/c1-14-4-2-5-16(12-14)21(28)24-25-22(29)17-6-3-7-18(13-17)23-20(27)15-8-10-19(11-9-15)26(30)31/h2-13H,1H3,(H,23,27)(H,24,28)(H,25,29). The number of nitro groups is 1. The highest BCUT2D eigenvalue weighted by Gasteiger charge is 2.12. The number of rotatable bonds is 5. The molecule has 0 fully saturated rings. The van der Waals surface area contributed by atoms with Crippen molar-refractivity contribution < 1.29 is 19.3 Å². The summed E-state index contributed by atoms with van der Waals surface area (Å²) in [6.07, 6.45) is 0. The molecule has 0 spiro atoms. The lowest BCUT2D eigenvalue weighted by Crippen LogP contribution is -2.41. The number of nitrogens with zero attached hydrogens (tertiary/aromatic N) is 1. The van der Waals surface area contributed by atoms with E-state index in [2.05, 4.69) is 16.2 Å². The van der Waals surface area contributed by atoms with Crippen molar-refractivity contribution in [3.8, 4) is 0 Å². The van der Waals surface area contributed by atoms with Crippen LogP contribution in [0.4, 0.5) is 11.4 Å². The summed E-state index contributed by atoms with van der Waals surface area (Å²) in [5, 5.41) is 13.3. The predicted molar refractivity (Wildman–Crippen MR) is 114 cm³/mol. The highest BCUT2D eigenvalue weighted by Crippen LogP contribution is 2.15. The molecule has 0 aliphatic heterocycles. The van der Waals surface area contributed by atoms with Gasteiger partial charge in [-0.1, -0.05) is 23.8 Å². The van der Waals surface area contributed by atoms with E-state index in [-0.39, 0.29) is 16.8 Å². The number of anilines is 1. The van der Waals surface area contributed by atoms with Gasteiger partial charge in [-0.2, -0.15) is 0 Å². The second-order valence-corrected chi connectivity index (χ2v) is 6.62. The largest absolute Gasteiger partial charge is 0.322 e. The number of hydrogen-bond acceptors (Lipinski definition) is 5. The SMILES string of the molecule is Cc1cccc(C(=O)NNC(=O)c2cccc(NC(=O)c3ccc([N+](=O)[O-])cc3)c2)c1. The van der Waals surface area contributed by atoms with Crippen LogP contribution >= 0.6 is 0 Å². The van der Waals surface area contributed by atoms with E-state index in [9.17, 15) is 24.5 Å². The van der Waals surface area contributed by atoms with Crippen LogP contribution in [-0.2, 0) is 0 Å². The van der Waals surface area contributed by atoms with Crippen LogP contribution in [0.15, 0.2) is 72.8 Å². The topological polar surface area (TPSA) is 130 Å². The third-order valence-corrected chi connectivity index (χ3v) is 4.29. The molecule has 3 amide bonds. The second kappa shape index (κ2) is 9.31. The Balaban J connectivity index is 1.62. The van der Waals surface area contributed by atoms with Crippen molar-refractivity contribution >= 4 is 29.1 Å². The van der Waals surface area contributed by atoms with Crippen molar-refractivity contribution in [1.82, 2.24) is 10.9 Å². The van der Waals surface area contributed by atoms with Crippen LogP contribution in [0.3, 0.4) is 0 Å². The summed E-state index contributed by atoms with van der Waals surface area (Å²) in [5.41, 5.74) is 6.66. The molecule has 3 aromatic rings. The molecule has 0 saturated carbocycles. The van der Waals surface area contributed by atoms with Gasteiger partial charge in [0.05, 0.1) is 4.92 Å². The summed E-state index contributed by atoms with van der Waals surface area (Å²) >= 11 is 0. The zero-order chi connectivity index (χ0) is 22.4. The Kier molecular flexibility index (Phi) is 6.36. The first-order chi connectivity index (χ1) is 14.8. The molecule has 0 atom stereocenters. The smallest absolute Gasteiger partial charge is 0.269 e. The molecule has 0 aliphatic carbocycles. The van der Waals surface area contributed by atoms with Gasteiger partial charge in [0.25, 0.3) is 23.4 Å². The molecule has 0 bridgehead atoms. The molecule has 3 rings (SSSR count). The lowest BCUT2D eigenvalue weighted by molar-refractivity contribution is -0.384. The van der Waals surface area contributed by atoms with Crippen LogP contribution in [0.1, 0.15) is 36.6 Å². The maximum Gasteiger partial charge on any atom is 0.269 e. The number of nitrogens with one attached hydrogen (secondary N) is 3. The van der Waals surface area contributed by atoms with Crippen LogP contribution in [0.25, 0.3) is 0 Å². The van der Waals surface area contributed by atoms with Crippen molar-refractivity contribution in [2.75, 3.05) is 5.32 Å². The molecule has 0 unspecified atom stereocenters. The van der Waals surface area contributed by atoms with Gasteiger partial charge in [-0.3, -0.25) is 35.3 Å². The van der Waals surface area contributed by atoms with Gasteiger partial charge in [0.1, 0.15) is 0 Å². The lowest BCUT2D eigenvalue weighted by atomic mass is 10.1. The first-order valence-electron chi connectivity index (χ1n) is 9.17. The number of hydrazine groups is 1. The lowest BCUT2D eigenvalue weighted by Gasteiger charge is -2.10. The molecule has 9 nitrogen and oxygen atoms in total. The fraction of sp³-hybridized carbons (Fsp3) is 0.0455. The van der Waals surface area contributed by atoms with E-state index in [0.717, 1.165) is 5.56 Å². The Morgan fingerprint density at radius 3 is 1.90 bits per heavy atom. The van der Waals surface area contributed by atoms with Crippen molar-refractivity contribution in [3.63, 3.8) is 0 Å². The Bertz CT molecular complexity index is 1160. The Morgan fingerprint density at radius 1 is 0.742 bits per heavy atom. The average Bonchev–Trinajstić information content (AvgIpc) is 2.77. The molecule has 3 aromatic carbocycles. The minimum atomic E-state index is -0.563. The minimum Gasteiger partial charge on any atom is -0.322 e. The van der Waals surface area contributed by atoms with E-state index in [0.29, 0.717) is 11.3 Å². The van der Waals surface area contributed by atoms with E-state index < -0.39 is 22.6 Å². The summed E-state index contributed by atoms with van der Waals surface area (Å²) in [7, 11) is 0. The molecule has 0 heterocycles. The molecule has 0 saturated heterocycles. The first kappa shape index (κ1) is 21.2. The Morgan fingerprint density at radius 2 is 1.32 bits per heavy atom. The zero-order valence-electron chi connectivity index (χ0n) is 16.4. The number of carbonyl (C=O) groups excluding carboxylic acids is 3. The fourth-order valence-electron chi connectivity index (χ4n) is 2.72. The highest BCUT2D eigenvalue weighted by atomic mass is 16.6. The Hall–Kier alpha value is -4.53. The van der Waals surface area contributed by atoms with Gasteiger partial charge >= 0.3 is 0 Å². The molecule has 31 heavy (non-hydrogen) atoms. The number of nitro benzene ring substituents is 1. The van der Waals surface area contributed by atoms with Gasteiger partial charge in [-0.05, 0) is 49.4 Å². The van der Waals surface area contributed by atoms with Crippen LogP contribution < -0.4 is 16.2 Å². The number of hydrogen-bond donors (Lipinski definition) is 3. The van der Waals surface area contributed by atoms with Crippen LogP contribution in [-0.4, -0.2) is 22.6 Å². The van der Waals surface area contributed by atoms with Gasteiger partial charge in [0.15, 0.2) is 0 Å². The van der Waals surface area contributed by atoms with E-state index in [4.69, 9.17) is 0 Å². The van der Waals surface area contributed by atoms with Crippen molar-refractivity contribution in [2.24, 2.45) is 0 Å². The van der Waals surface area contributed by atoms with Gasteiger partial charge < -0.3 is 5.32 Å². The predicted octanol–water partition coefficient (Wildman–Crippen LogP) is 3.23. The van der Waals surface area contributed by atoms with Crippen LogP contribution in [0.5, 0.6) is 0 Å². The number of carbonyl (C=O) groups is 3. The van der Waals surface area contributed by atoms with E-state index >= 15 is 0 Å². The average molecular weight is 418 g/mol. The van der Waals surface area contributed by atoms with Gasteiger partial charge in [0.2, 0.25) is 0 Å². The number of non-ortho nitro benzene ring substituents is 1. The van der Waals surface area contributed by atoms with Gasteiger partial charge in [0, 0.05) is 34.5 Å². The molecule has 3 N–H and O–H groups in total. The summed E-state index contributed by atoms with van der Waals surface area (Å²) in [4.78, 5) is 47.0. The number of benzene rings is 3. The van der Waals surface area contributed by atoms with E-state index in [1.54, 1.807) is 30.3 Å². The maximum atomic E-state index is 12.4. The third-order valence-electron chi connectivity index (χ3n) is 4.29. The molecule has 0 aliphatic rings. The summed E-state index contributed by atoms with van der Waals surface area (Å²) in [6.45, 7) is 1.85. The van der Waals surface area contributed by atoms with Crippen LogP contribution in [0.2, 0.25) is 0 Å². The molecule has 9 heteroatoms. The van der Waals surface area contributed by atoms with Crippen molar-refractivity contribution in [1.29, 1.82) is 0 Å². The molecule has 0 radical (unpaired) electrons. The molecular formula is C22H18N4O5. The van der Waals surface area contributed by atoms with Crippen molar-refractivity contribution in [3.05, 3.63) is 105 Å². The zero-order valence-corrected chi connectivity index (χ0v) is 16.4. The molecular weight excluding hydrogens is 400 g/mol. The highest BCUT2D eigenvalue weighted by molar-refractivity contribution is 6.05. The number of aryl methyl sites for hydroxylation is 1. The normalized spacial score (nSPS) is 10.1. The third kappa shape index (κ3) is 5.51. The quantitative estimate of drug-likeness (QED) is 0.433. The van der Waals surface area contributed by atoms with E-state index in [1.807, 2.05) is 13.0 Å². The maximum absolute atomic E-state index is 12.4. The summed E-state index contributed by atoms with van der Waals surface area (Å²) in [5.74, 6) is -1.51. The van der Waals surface area contributed by atoms with Crippen molar-refractivity contribution in [2.45, 2.75) is 6.92 Å². The van der Waals surface area contributed by atoms with Gasteiger partial charge in [-0.15, -0.1) is 0 Å². The summed E-state index contributed by atoms with van der Waals surface area (Å²) in [6, 6.07) is 18.2. The monoisotopic (exact) mass is 418 g/mol. The van der Waals surface area contributed by atoms with E-state index in [1.165, 1.54) is 36.4 Å². The summed E-state index contributed by atoms with van der Waals surface area (Å²) < 4.78 is 0.